The molecule has 1 atom stereocenters. The van der Waals surface area contributed by atoms with E-state index in [9.17, 15) is 27.2 Å². The maximum Gasteiger partial charge on any atom is 0.471 e. The van der Waals surface area contributed by atoms with Crippen molar-refractivity contribution in [2.45, 2.75) is 12.3 Å². The second kappa shape index (κ2) is 8.50. The Bertz CT molecular complexity index is 1020. The Hall–Kier alpha value is -3.83. The molecule has 0 unspecified atom stereocenters. The summed E-state index contributed by atoms with van der Waals surface area (Å²) in [7, 11) is 0. The van der Waals surface area contributed by atoms with Gasteiger partial charge in [-0.3, -0.25) is 9.69 Å². The van der Waals surface area contributed by atoms with Gasteiger partial charge in [0, 0.05) is 11.1 Å². The van der Waals surface area contributed by atoms with Crippen LogP contribution in [0, 0.1) is 5.82 Å². The molecule has 1 aliphatic heterocycles. The van der Waals surface area contributed by atoms with E-state index in [0.717, 1.165) is 11.0 Å². The molecular weight excluding hydrogens is 424 g/mol. The van der Waals surface area contributed by atoms with Crippen LogP contribution in [0.1, 0.15) is 5.56 Å². The molecule has 8 nitrogen and oxygen atoms in total. The van der Waals surface area contributed by atoms with E-state index in [-0.39, 0.29) is 23.6 Å². The first-order valence-corrected chi connectivity index (χ1v) is 8.81. The summed E-state index contributed by atoms with van der Waals surface area (Å²) < 4.78 is 56.4. The highest BCUT2D eigenvalue weighted by molar-refractivity contribution is 5.97. The average Bonchev–Trinajstić information content (AvgIpc) is 3.11. The predicted molar refractivity (Wildman–Crippen MR) is 101 cm³/mol. The van der Waals surface area contributed by atoms with Gasteiger partial charge in [0.05, 0.1) is 18.8 Å². The molecule has 0 aliphatic carbocycles. The highest BCUT2D eigenvalue weighted by Crippen LogP contribution is 2.29. The Balaban J connectivity index is 1.71. The number of alkyl halides is 3. The van der Waals surface area contributed by atoms with Crippen LogP contribution < -0.4 is 16.0 Å². The molecular formula is C19H16F4N4O4. The third-order valence-corrected chi connectivity index (χ3v) is 4.49. The first-order chi connectivity index (χ1) is 14.6. The van der Waals surface area contributed by atoms with E-state index in [0.29, 0.717) is 11.1 Å². The van der Waals surface area contributed by atoms with Crippen molar-refractivity contribution in [2.75, 3.05) is 18.0 Å². The third kappa shape index (κ3) is 4.85. The Morgan fingerprint density at radius 2 is 1.94 bits per heavy atom. The minimum atomic E-state index is -5.05. The molecule has 1 heterocycles. The fraction of sp³-hybridized carbons (Fsp3) is 0.211. The topological polar surface area (TPSA) is 117 Å². The number of carbonyl (C=O) groups excluding carboxylic acids is 2. The SMILES string of the molecule is N/C(=N\O)c1ccc(-c2ccc(N3C[C@H](CNC(=O)C(F)(F)F)OC3=O)cc2F)cc1. The molecule has 1 saturated heterocycles. The van der Waals surface area contributed by atoms with Crippen molar-refractivity contribution < 1.29 is 37.1 Å². The normalized spacial score (nSPS) is 16.9. The summed E-state index contributed by atoms with van der Waals surface area (Å²) >= 11 is 0. The second-order valence-electron chi connectivity index (χ2n) is 6.55. The van der Waals surface area contributed by atoms with Crippen LogP contribution in [-0.4, -0.2) is 48.4 Å². The Morgan fingerprint density at radius 1 is 1.26 bits per heavy atom. The van der Waals surface area contributed by atoms with Crippen molar-refractivity contribution in [1.82, 2.24) is 5.32 Å². The minimum Gasteiger partial charge on any atom is -0.442 e. The molecule has 0 saturated carbocycles. The van der Waals surface area contributed by atoms with Gasteiger partial charge in [-0.2, -0.15) is 13.2 Å². The highest BCUT2D eigenvalue weighted by atomic mass is 19.4. The maximum atomic E-state index is 14.7. The van der Waals surface area contributed by atoms with Gasteiger partial charge in [0.2, 0.25) is 0 Å². The largest absolute Gasteiger partial charge is 0.471 e. The molecule has 4 N–H and O–H groups in total. The average molecular weight is 440 g/mol. The number of nitrogens with two attached hydrogens (primary N) is 1. The molecule has 0 spiro atoms. The van der Waals surface area contributed by atoms with Crippen LogP contribution in [-0.2, 0) is 9.53 Å². The zero-order chi connectivity index (χ0) is 22.8. The van der Waals surface area contributed by atoms with Crippen molar-refractivity contribution in [3.05, 3.63) is 53.8 Å². The monoisotopic (exact) mass is 440 g/mol. The molecule has 1 fully saturated rings. The van der Waals surface area contributed by atoms with Crippen LogP contribution in [0.15, 0.2) is 47.6 Å². The molecule has 31 heavy (non-hydrogen) atoms. The lowest BCUT2D eigenvalue weighted by molar-refractivity contribution is -0.173. The number of hydrogen-bond acceptors (Lipinski definition) is 5. The first kappa shape index (κ1) is 21.9. The molecule has 2 aromatic rings. The van der Waals surface area contributed by atoms with Gasteiger partial charge in [-0.25, -0.2) is 9.18 Å². The summed E-state index contributed by atoms with van der Waals surface area (Å²) in [6, 6.07) is 10.2. The van der Waals surface area contributed by atoms with Gasteiger partial charge in [-0.05, 0) is 23.8 Å². The maximum absolute atomic E-state index is 14.7. The van der Waals surface area contributed by atoms with Crippen LogP contribution in [0.25, 0.3) is 11.1 Å². The van der Waals surface area contributed by atoms with Crippen molar-refractivity contribution in [3.8, 4) is 11.1 Å². The number of nitrogens with zero attached hydrogens (tertiary/aromatic N) is 2. The predicted octanol–water partition coefficient (Wildman–Crippen LogP) is 2.59. The lowest BCUT2D eigenvalue weighted by atomic mass is 10.0. The van der Waals surface area contributed by atoms with E-state index in [4.69, 9.17) is 15.7 Å². The summed E-state index contributed by atoms with van der Waals surface area (Å²) in [6.45, 7) is -0.696. The van der Waals surface area contributed by atoms with E-state index in [1.807, 2.05) is 0 Å². The number of cyclic esters (lactones) is 1. The molecule has 0 radical (unpaired) electrons. The van der Waals surface area contributed by atoms with Gasteiger partial charge >= 0.3 is 18.2 Å². The van der Waals surface area contributed by atoms with E-state index in [2.05, 4.69) is 5.16 Å². The Kier molecular flexibility index (Phi) is 5.99. The van der Waals surface area contributed by atoms with Gasteiger partial charge in [-0.1, -0.05) is 29.4 Å². The number of benzene rings is 2. The number of rotatable bonds is 5. The third-order valence-electron chi connectivity index (χ3n) is 4.49. The number of halogens is 4. The van der Waals surface area contributed by atoms with Gasteiger partial charge in [0.1, 0.15) is 11.9 Å². The number of amidine groups is 1. The molecule has 0 aromatic heterocycles. The molecule has 1 aliphatic rings. The second-order valence-corrected chi connectivity index (χ2v) is 6.55. The Morgan fingerprint density at radius 3 is 2.52 bits per heavy atom. The zero-order valence-corrected chi connectivity index (χ0v) is 15.7. The molecule has 2 amide bonds. The molecule has 0 bridgehead atoms. The fourth-order valence-electron chi connectivity index (χ4n) is 2.93. The van der Waals surface area contributed by atoms with Crippen molar-refractivity contribution in [1.29, 1.82) is 0 Å². The van der Waals surface area contributed by atoms with Gasteiger partial charge in [0.15, 0.2) is 5.84 Å². The Labute approximate surface area is 172 Å². The van der Waals surface area contributed by atoms with E-state index in [1.165, 1.54) is 24.3 Å². The number of carbonyl (C=O) groups is 2. The van der Waals surface area contributed by atoms with Gasteiger partial charge in [0.25, 0.3) is 0 Å². The van der Waals surface area contributed by atoms with Gasteiger partial charge in [-0.15, -0.1) is 0 Å². The van der Waals surface area contributed by atoms with E-state index >= 15 is 0 Å². The van der Waals surface area contributed by atoms with Gasteiger partial charge < -0.3 is 21.0 Å². The lowest BCUT2D eigenvalue weighted by Gasteiger charge is -2.15. The fourth-order valence-corrected chi connectivity index (χ4v) is 2.93. The summed E-state index contributed by atoms with van der Waals surface area (Å²) in [5.74, 6) is -2.90. The quantitative estimate of drug-likeness (QED) is 0.217. The van der Waals surface area contributed by atoms with E-state index in [1.54, 1.807) is 17.4 Å². The zero-order valence-electron chi connectivity index (χ0n) is 15.7. The number of nitrogens with one attached hydrogen (secondary N) is 1. The number of oxime groups is 1. The first-order valence-electron chi connectivity index (χ1n) is 8.81. The summed E-state index contributed by atoms with van der Waals surface area (Å²) in [5.41, 5.74) is 6.78. The van der Waals surface area contributed by atoms with Crippen LogP contribution in [0.4, 0.5) is 28.0 Å². The standard InChI is InChI=1S/C19H16F4N4O4/c20-15-7-12(5-6-14(15)10-1-3-11(4-2-10)16(24)26-30)27-9-13(31-18(27)29)8-25-17(28)19(21,22)23/h1-7,13,30H,8-9H2,(H2,24,26)(H,25,28)/t13-/m0/s1. The molecule has 164 valence electrons. The van der Waals surface area contributed by atoms with E-state index < -0.39 is 36.6 Å². The van der Waals surface area contributed by atoms with Crippen LogP contribution in [0.2, 0.25) is 0 Å². The van der Waals surface area contributed by atoms with Crippen LogP contribution >= 0.6 is 0 Å². The lowest BCUT2D eigenvalue weighted by Crippen LogP contribution is -2.41. The number of hydrogen-bond donors (Lipinski definition) is 3. The molecule has 12 heteroatoms. The summed E-state index contributed by atoms with van der Waals surface area (Å²) in [5, 5.41) is 13.2. The minimum absolute atomic E-state index is 0.101. The van der Waals surface area contributed by atoms with Crippen LogP contribution in [0.5, 0.6) is 0 Å². The number of amides is 2. The number of anilines is 1. The number of ether oxygens (including phenoxy) is 1. The summed E-state index contributed by atoms with van der Waals surface area (Å²) in [4.78, 5) is 24.0. The van der Waals surface area contributed by atoms with Crippen molar-refractivity contribution in [3.63, 3.8) is 0 Å². The molecule has 2 aromatic carbocycles. The summed E-state index contributed by atoms with van der Waals surface area (Å²) in [6.07, 6.45) is -6.94. The smallest absolute Gasteiger partial charge is 0.442 e. The molecule has 3 rings (SSSR count). The highest BCUT2D eigenvalue weighted by Gasteiger charge is 2.40. The van der Waals surface area contributed by atoms with Crippen molar-refractivity contribution in [2.24, 2.45) is 10.9 Å². The van der Waals surface area contributed by atoms with Crippen molar-refractivity contribution >= 4 is 23.5 Å². The van der Waals surface area contributed by atoms with Crippen LogP contribution in [0.3, 0.4) is 0 Å².